The second-order valence-corrected chi connectivity index (χ2v) is 6.94. The van der Waals surface area contributed by atoms with E-state index in [-0.39, 0.29) is 17.2 Å². The van der Waals surface area contributed by atoms with Gasteiger partial charge in [-0.3, -0.25) is 9.59 Å². The molecular weight excluding hydrogens is 300 g/mol. The van der Waals surface area contributed by atoms with Gasteiger partial charge in [0.15, 0.2) is 0 Å². The average molecular weight is 324 g/mol. The van der Waals surface area contributed by atoms with E-state index in [0.717, 1.165) is 5.56 Å². The minimum Gasteiger partial charge on any atom is -0.326 e. The summed E-state index contributed by atoms with van der Waals surface area (Å²) in [5, 5.41) is 5.67. The topological polar surface area (TPSA) is 58.2 Å². The van der Waals surface area contributed by atoms with Crippen molar-refractivity contribution < 1.29 is 9.59 Å². The van der Waals surface area contributed by atoms with Crippen LogP contribution in [0.5, 0.6) is 0 Å². The maximum Gasteiger partial charge on any atom is 0.255 e. The SMILES string of the molecule is CC(=O)Nc1cccc(NC(=O)c2ccc(C(C)(C)C)cc2)c1C. The molecule has 2 rings (SSSR count). The van der Waals surface area contributed by atoms with Crippen molar-refractivity contribution in [2.45, 2.75) is 40.0 Å². The molecule has 2 aromatic rings. The number of hydrogen-bond acceptors (Lipinski definition) is 2. The van der Waals surface area contributed by atoms with Gasteiger partial charge >= 0.3 is 0 Å². The van der Waals surface area contributed by atoms with Gasteiger partial charge < -0.3 is 10.6 Å². The molecule has 2 N–H and O–H groups in total. The monoisotopic (exact) mass is 324 g/mol. The molecule has 126 valence electrons. The molecule has 4 nitrogen and oxygen atoms in total. The van der Waals surface area contributed by atoms with Crippen LogP contribution >= 0.6 is 0 Å². The van der Waals surface area contributed by atoms with Crippen LogP contribution in [-0.4, -0.2) is 11.8 Å². The number of rotatable bonds is 3. The van der Waals surface area contributed by atoms with Crippen molar-refractivity contribution in [3.8, 4) is 0 Å². The van der Waals surface area contributed by atoms with E-state index in [4.69, 9.17) is 0 Å². The van der Waals surface area contributed by atoms with Gasteiger partial charge in [0.1, 0.15) is 0 Å². The Hall–Kier alpha value is -2.62. The van der Waals surface area contributed by atoms with Crippen LogP contribution in [-0.2, 0) is 10.2 Å². The Morgan fingerprint density at radius 1 is 0.875 bits per heavy atom. The number of carbonyl (C=O) groups excluding carboxylic acids is 2. The van der Waals surface area contributed by atoms with Crippen LogP contribution in [0.15, 0.2) is 42.5 Å². The van der Waals surface area contributed by atoms with Crippen molar-refractivity contribution in [1.82, 2.24) is 0 Å². The van der Waals surface area contributed by atoms with E-state index in [9.17, 15) is 9.59 Å². The summed E-state index contributed by atoms with van der Waals surface area (Å²) in [6, 6.07) is 13.1. The molecule has 2 aromatic carbocycles. The Bertz CT molecular complexity index is 756. The lowest BCUT2D eigenvalue weighted by molar-refractivity contribution is -0.114. The number of hydrogen-bond donors (Lipinski definition) is 2. The third-order valence-electron chi connectivity index (χ3n) is 3.91. The Balaban J connectivity index is 2.19. The zero-order valence-electron chi connectivity index (χ0n) is 14.9. The molecule has 0 radical (unpaired) electrons. The third kappa shape index (κ3) is 4.22. The average Bonchev–Trinajstić information content (AvgIpc) is 2.50. The molecule has 0 saturated carbocycles. The lowest BCUT2D eigenvalue weighted by Crippen LogP contribution is -2.15. The number of benzene rings is 2. The van der Waals surface area contributed by atoms with Gasteiger partial charge in [0, 0.05) is 23.9 Å². The molecular formula is C20H24N2O2. The Morgan fingerprint density at radius 3 is 1.92 bits per heavy atom. The van der Waals surface area contributed by atoms with Gasteiger partial charge in [-0.25, -0.2) is 0 Å². The maximum atomic E-state index is 12.5. The van der Waals surface area contributed by atoms with E-state index in [2.05, 4.69) is 31.4 Å². The predicted molar refractivity (Wildman–Crippen MR) is 98.6 cm³/mol. The first-order chi connectivity index (χ1) is 11.2. The first kappa shape index (κ1) is 17.7. The molecule has 0 saturated heterocycles. The second kappa shape index (κ2) is 6.87. The molecule has 0 atom stereocenters. The first-order valence-electron chi connectivity index (χ1n) is 7.97. The van der Waals surface area contributed by atoms with E-state index < -0.39 is 0 Å². The predicted octanol–water partition coefficient (Wildman–Crippen LogP) is 4.50. The molecule has 0 aliphatic rings. The zero-order valence-corrected chi connectivity index (χ0v) is 14.9. The van der Waals surface area contributed by atoms with Gasteiger partial charge in [-0.1, -0.05) is 39.0 Å². The largest absolute Gasteiger partial charge is 0.326 e. The Labute approximate surface area is 143 Å². The van der Waals surface area contributed by atoms with Gasteiger partial charge in [0.25, 0.3) is 5.91 Å². The van der Waals surface area contributed by atoms with Crippen LogP contribution in [0.3, 0.4) is 0 Å². The molecule has 0 aromatic heterocycles. The lowest BCUT2D eigenvalue weighted by atomic mass is 9.86. The van der Waals surface area contributed by atoms with Gasteiger partial charge in [-0.05, 0) is 47.7 Å². The van der Waals surface area contributed by atoms with Crippen molar-refractivity contribution in [3.63, 3.8) is 0 Å². The molecule has 0 fully saturated rings. The van der Waals surface area contributed by atoms with Crippen LogP contribution in [0, 0.1) is 6.92 Å². The fraction of sp³-hybridized carbons (Fsp3) is 0.300. The number of carbonyl (C=O) groups is 2. The number of amides is 2. The van der Waals surface area contributed by atoms with Crippen molar-refractivity contribution in [2.24, 2.45) is 0 Å². The van der Waals surface area contributed by atoms with Crippen LogP contribution in [0.25, 0.3) is 0 Å². The van der Waals surface area contributed by atoms with Gasteiger partial charge in [0.05, 0.1) is 0 Å². The highest BCUT2D eigenvalue weighted by atomic mass is 16.2. The molecule has 4 heteroatoms. The summed E-state index contributed by atoms with van der Waals surface area (Å²) in [6.45, 7) is 9.74. The smallest absolute Gasteiger partial charge is 0.255 e. The van der Waals surface area contributed by atoms with Gasteiger partial charge in [-0.15, -0.1) is 0 Å². The minimum absolute atomic E-state index is 0.0539. The van der Waals surface area contributed by atoms with Crippen LogP contribution < -0.4 is 10.6 Å². The van der Waals surface area contributed by atoms with Gasteiger partial charge in [0.2, 0.25) is 5.91 Å². The number of nitrogens with one attached hydrogen (secondary N) is 2. The molecule has 2 amide bonds. The van der Waals surface area contributed by atoms with Gasteiger partial charge in [-0.2, -0.15) is 0 Å². The second-order valence-electron chi connectivity index (χ2n) is 6.94. The van der Waals surface area contributed by atoms with Crippen LogP contribution in [0.2, 0.25) is 0 Å². The molecule has 0 bridgehead atoms. The quantitative estimate of drug-likeness (QED) is 0.873. The summed E-state index contributed by atoms with van der Waals surface area (Å²) in [5.74, 6) is -0.308. The molecule has 0 aliphatic carbocycles. The highest BCUT2D eigenvalue weighted by Gasteiger charge is 2.15. The molecule has 0 unspecified atom stereocenters. The Morgan fingerprint density at radius 2 is 1.42 bits per heavy atom. The van der Waals surface area contributed by atoms with E-state index in [1.165, 1.54) is 12.5 Å². The molecule has 24 heavy (non-hydrogen) atoms. The maximum absolute atomic E-state index is 12.5. The fourth-order valence-electron chi connectivity index (χ4n) is 2.41. The van der Waals surface area contributed by atoms with Crippen LogP contribution in [0.1, 0.15) is 49.2 Å². The normalized spacial score (nSPS) is 11.0. The first-order valence-corrected chi connectivity index (χ1v) is 7.97. The lowest BCUT2D eigenvalue weighted by Gasteiger charge is -2.19. The van der Waals surface area contributed by atoms with Crippen LogP contribution in [0.4, 0.5) is 11.4 Å². The standard InChI is InChI=1S/C20H24N2O2/c1-13-17(21-14(2)23)7-6-8-18(13)22-19(24)15-9-11-16(12-10-15)20(3,4)5/h6-12H,1-5H3,(H,21,23)(H,22,24). The summed E-state index contributed by atoms with van der Waals surface area (Å²) >= 11 is 0. The van der Waals surface area contributed by atoms with Crippen molar-refractivity contribution in [2.75, 3.05) is 10.6 Å². The summed E-state index contributed by atoms with van der Waals surface area (Å²) in [7, 11) is 0. The zero-order chi connectivity index (χ0) is 17.9. The summed E-state index contributed by atoms with van der Waals surface area (Å²) in [4.78, 5) is 23.7. The van der Waals surface area contributed by atoms with Crippen molar-refractivity contribution >= 4 is 23.2 Å². The Kier molecular flexibility index (Phi) is 5.07. The van der Waals surface area contributed by atoms with Crippen molar-refractivity contribution in [3.05, 3.63) is 59.2 Å². The molecule has 0 aliphatic heterocycles. The summed E-state index contributed by atoms with van der Waals surface area (Å²) in [5.41, 5.74) is 4.05. The fourth-order valence-corrected chi connectivity index (χ4v) is 2.41. The summed E-state index contributed by atoms with van der Waals surface area (Å²) < 4.78 is 0. The summed E-state index contributed by atoms with van der Waals surface area (Å²) in [6.07, 6.45) is 0. The van der Waals surface area contributed by atoms with Crippen molar-refractivity contribution in [1.29, 1.82) is 0 Å². The highest BCUT2D eigenvalue weighted by Crippen LogP contribution is 2.25. The molecule has 0 spiro atoms. The van der Waals surface area contributed by atoms with E-state index in [1.807, 2.05) is 43.3 Å². The van der Waals surface area contributed by atoms with E-state index in [0.29, 0.717) is 16.9 Å². The van der Waals surface area contributed by atoms with E-state index >= 15 is 0 Å². The van der Waals surface area contributed by atoms with E-state index in [1.54, 1.807) is 6.07 Å². The molecule has 0 heterocycles. The number of anilines is 2. The minimum atomic E-state index is -0.168. The third-order valence-corrected chi connectivity index (χ3v) is 3.91. The highest BCUT2D eigenvalue weighted by molar-refractivity contribution is 6.05.